The summed E-state index contributed by atoms with van der Waals surface area (Å²) in [5, 5.41) is 7.23. The molecule has 1 heterocycles. The lowest BCUT2D eigenvalue weighted by Gasteiger charge is -2.14. The molecule has 1 unspecified atom stereocenters. The third-order valence-corrected chi connectivity index (χ3v) is 3.78. The van der Waals surface area contributed by atoms with Crippen LogP contribution >= 0.6 is 0 Å². The molecule has 1 N–H and O–H groups in total. The van der Waals surface area contributed by atoms with Gasteiger partial charge in [-0.05, 0) is 43.4 Å². The molecule has 1 atom stereocenters. The number of amides is 1. The van der Waals surface area contributed by atoms with Crippen molar-refractivity contribution in [2.24, 2.45) is 5.92 Å². The molecule has 0 saturated heterocycles. The first kappa shape index (κ1) is 16.3. The summed E-state index contributed by atoms with van der Waals surface area (Å²) in [7, 11) is 0. The van der Waals surface area contributed by atoms with E-state index in [1.54, 1.807) is 6.20 Å². The van der Waals surface area contributed by atoms with E-state index in [9.17, 15) is 4.79 Å². The summed E-state index contributed by atoms with van der Waals surface area (Å²) in [5.74, 6) is 1.26. The number of anilines is 1. The molecule has 0 aliphatic carbocycles. The monoisotopic (exact) mass is 299 g/mol. The number of aromatic nitrogens is 2. The Morgan fingerprint density at radius 1 is 1.18 bits per heavy atom. The van der Waals surface area contributed by atoms with Crippen molar-refractivity contribution in [3.05, 3.63) is 47.7 Å². The number of nitrogens with zero attached hydrogens (tertiary/aromatic N) is 2. The number of carbonyl (C=O) groups excluding carboxylic acids is 1. The van der Waals surface area contributed by atoms with Crippen molar-refractivity contribution in [2.75, 3.05) is 5.32 Å². The lowest BCUT2D eigenvalue weighted by molar-refractivity contribution is 0.102. The van der Waals surface area contributed by atoms with Gasteiger partial charge < -0.3 is 5.32 Å². The lowest BCUT2D eigenvalue weighted by Crippen LogP contribution is -2.17. The van der Waals surface area contributed by atoms with Crippen LogP contribution in [0.5, 0.6) is 0 Å². The van der Waals surface area contributed by atoms with E-state index in [4.69, 9.17) is 0 Å². The lowest BCUT2D eigenvalue weighted by atomic mass is 10.0. The van der Waals surface area contributed by atoms with E-state index in [0.717, 1.165) is 18.7 Å². The quantitative estimate of drug-likeness (QED) is 0.864. The van der Waals surface area contributed by atoms with Gasteiger partial charge in [-0.15, -0.1) is 0 Å². The van der Waals surface area contributed by atoms with Crippen LogP contribution in [-0.4, -0.2) is 15.7 Å². The van der Waals surface area contributed by atoms with Crippen molar-refractivity contribution in [3.63, 3.8) is 0 Å². The molecule has 0 radical (unpaired) electrons. The van der Waals surface area contributed by atoms with Crippen molar-refractivity contribution >= 4 is 11.7 Å². The average molecular weight is 299 g/mol. The van der Waals surface area contributed by atoms with Gasteiger partial charge in [0.05, 0.1) is 12.2 Å². The Bertz CT molecular complexity index is 614. The fraction of sp³-hybridized carbons (Fsp3) is 0.444. The second-order valence-electron chi connectivity index (χ2n) is 6.17. The Labute approximate surface area is 132 Å². The van der Waals surface area contributed by atoms with Gasteiger partial charge in [-0.2, -0.15) is 5.10 Å². The molecule has 1 aromatic heterocycles. The molecule has 0 saturated carbocycles. The number of rotatable bonds is 6. The molecule has 22 heavy (non-hydrogen) atoms. The van der Waals surface area contributed by atoms with Gasteiger partial charge in [0.25, 0.3) is 5.91 Å². The van der Waals surface area contributed by atoms with E-state index in [0.29, 0.717) is 11.5 Å². The van der Waals surface area contributed by atoms with Crippen LogP contribution < -0.4 is 5.32 Å². The Morgan fingerprint density at radius 2 is 1.86 bits per heavy atom. The first-order valence-electron chi connectivity index (χ1n) is 7.95. The highest BCUT2D eigenvalue weighted by atomic mass is 16.1. The summed E-state index contributed by atoms with van der Waals surface area (Å²) >= 11 is 0. The van der Waals surface area contributed by atoms with E-state index >= 15 is 0 Å². The van der Waals surface area contributed by atoms with Crippen LogP contribution in [0.2, 0.25) is 0 Å². The van der Waals surface area contributed by atoms with E-state index < -0.39 is 0 Å². The van der Waals surface area contributed by atoms with Crippen molar-refractivity contribution in [3.8, 4) is 0 Å². The minimum absolute atomic E-state index is 0.0962. The van der Waals surface area contributed by atoms with Gasteiger partial charge in [-0.1, -0.05) is 32.9 Å². The molecule has 118 valence electrons. The van der Waals surface area contributed by atoms with E-state index in [1.807, 2.05) is 35.0 Å². The third-order valence-electron chi connectivity index (χ3n) is 3.78. The second kappa shape index (κ2) is 7.25. The maximum absolute atomic E-state index is 12.4. The molecule has 4 nitrogen and oxygen atoms in total. The molecule has 0 fully saturated rings. The predicted octanol–water partition coefficient (Wildman–Crippen LogP) is 4.30. The third kappa shape index (κ3) is 3.97. The van der Waals surface area contributed by atoms with E-state index in [2.05, 4.69) is 38.1 Å². The number of carbonyl (C=O) groups is 1. The molecule has 0 spiro atoms. The smallest absolute Gasteiger partial charge is 0.256 e. The van der Waals surface area contributed by atoms with Gasteiger partial charge in [-0.3, -0.25) is 4.79 Å². The van der Waals surface area contributed by atoms with Crippen LogP contribution in [0.25, 0.3) is 0 Å². The molecular formula is C18H25N3O. The van der Waals surface area contributed by atoms with Gasteiger partial charge in [0.1, 0.15) is 5.82 Å². The average Bonchev–Trinajstić information content (AvgIpc) is 2.94. The SMILES string of the molecule is CCC(C)n1nccc1NC(=O)c1ccc(CC(C)C)cc1. The van der Waals surface area contributed by atoms with Crippen molar-refractivity contribution in [2.45, 2.75) is 46.6 Å². The predicted molar refractivity (Wildman–Crippen MR) is 90.2 cm³/mol. The molecule has 0 bridgehead atoms. The Kier molecular flexibility index (Phi) is 5.36. The standard InChI is InChI=1S/C18H25N3O/c1-5-14(4)21-17(10-11-19-21)20-18(22)16-8-6-15(7-9-16)12-13(2)3/h6-11,13-14H,5,12H2,1-4H3,(H,20,22). The minimum atomic E-state index is -0.0962. The zero-order chi connectivity index (χ0) is 16.1. The van der Waals surface area contributed by atoms with Gasteiger partial charge in [0.15, 0.2) is 0 Å². The van der Waals surface area contributed by atoms with E-state index in [1.165, 1.54) is 5.56 Å². The first-order chi connectivity index (χ1) is 10.5. The second-order valence-corrected chi connectivity index (χ2v) is 6.17. The summed E-state index contributed by atoms with van der Waals surface area (Å²) < 4.78 is 1.85. The molecular weight excluding hydrogens is 274 g/mol. The number of benzene rings is 1. The molecule has 2 aromatic rings. The van der Waals surface area contributed by atoms with Crippen LogP contribution in [0.4, 0.5) is 5.82 Å². The zero-order valence-corrected chi connectivity index (χ0v) is 13.8. The minimum Gasteiger partial charge on any atom is -0.307 e. The Balaban J connectivity index is 2.08. The normalized spacial score (nSPS) is 12.4. The molecule has 0 aliphatic rings. The first-order valence-corrected chi connectivity index (χ1v) is 7.95. The van der Waals surface area contributed by atoms with E-state index in [-0.39, 0.29) is 11.9 Å². The highest BCUT2D eigenvalue weighted by molar-refractivity contribution is 6.03. The molecule has 2 rings (SSSR count). The number of hydrogen-bond acceptors (Lipinski definition) is 2. The van der Waals surface area contributed by atoms with Crippen LogP contribution in [-0.2, 0) is 6.42 Å². The van der Waals surface area contributed by atoms with Gasteiger partial charge in [0.2, 0.25) is 0 Å². The summed E-state index contributed by atoms with van der Waals surface area (Å²) in [6.45, 7) is 8.57. The summed E-state index contributed by atoms with van der Waals surface area (Å²) in [6.07, 6.45) is 3.71. The fourth-order valence-electron chi connectivity index (χ4n) is 2.39. The summed E-state index contributed by atoms with van der Waals surface area (Å²) in [5.41, 5.74) is 1.93. The van der Waals surface area contributed by atoms with Crippen LogP contribution in [0.3, 0.4) is 0 Å². The van der Waals surface area contributed by atoms with Crippen molar-refractivity contribution < 1.29 is 4.79 Å². The van der Waals surface area contributed by atoms with Gasteiger partial charge in [0, 0.05) is 11.6 Å². The largest absolute Gasteiger partial charge is 0.307 e. The maximum atomic E-state index is 12.4. The van der Waals surface area contributed by atoms with Crippen LogP contribution in [0.15, 0.2) is 36.5 Å². The Morgan fingerprint density at radius 3 is 2.45 bits per heavy atom. The topological polar surface area (TPSA) is 46.9 Å². The van der Waals surface area contributed by atoms with Crippen LogP contribution in [0.1, 0.15) is 56.1 Å². The summed E-state index contributed by atoms with van der Waals surface area (Å²) in [6, 6.07) is 9.92. The summed E-state index contributed by atoms with van der Waals surface area (Å²) in [4.78, 5) is 12.4. The maximum Gasteiger partial charge on any atom is 0.256 e. The van der Waals surface area contributed by atoms with Gasteiger partial charge in [-0.25, -0.2) is 4.68 Å². The fourth-order valence-corrected chi connectivity index (χ4v) is 2.39. The number of hydrogen-bond donors (Lipinski definition) is 1. The van der Waals surface area contributed by atoms with Crippen LogP contribution in [0, 0.1) is 5.92 Å². The number of nitrogens with one attached hydrogen (secondary N) is 1. The molecule has 1 aromatic carbocycles. The van der Waals surface area contributed by atoms with Crippen molar-refractivity contribution in [1.29, 1.82) is 0 Å². The Hall–Kier alpha value is -2.10. The zero-order valence-electron chi connectivity index (χ0n) is 13.8. The molecule has 0 aliphatic heterocycles. The van der Waals surface area contributed by atoms with Gasteiger partial charge >= 0.3 is 0 Å². The van der Waals surface area contributed by atoms with Crippen molar-refractivity contribution in [1.82, 2.24) is 9.78 Å². The molecule has 4 heteroatoms. The molecule has 1 amide bonds. The highest BCUT2D eigenvalue weighted by Crippen LogP contribution is 2.17. The highest BCUT2D eigenvalue weighted by Gasteiger charge is 2.12.